The molecule has 2 aromatic rings. The zero-order valence-electron chi connectivity index (χ0n) is 17.1. The molecule has 2 aliphatic heterocycles. The molecule has 31 heavy (non-hydrogen) atoms. The second-order valence-corrected chi connectivity index (χ2v) is 9.32. The lowest BCUT2D eigenvalue weighted by molar-refractivity contribution is -0.140. The zero-order chi connectivity index (χ0) is 22.0. The predicted molar refractivity (Wildman–Crippen MR) is 120 cm³/mol. The highest BCUT2D eigenvalue weighted by Crippen LogP contribution is 2.44. The Kier molecular flexibility index (Phi) is 6.25. The number of aromatic carboxylic acids is 1. The van der Waals surface area contributed by atoms with Gasteiger partial charge in [0.1, 0.15) is 0 Å². The molecule has 0 spiro atoms. The van der Waals surface area contributed by atoms with E-state index >= 15 is 0 Å². The summed E-state index contributed by atoms with van der Waals surface area (Å²) in [5.74, 6) is -1.39. The normalized spacial score (nSPS) is 22.9. The molecule has 0 bridgehead atoms. The van der Waals surface area contributed by atoms with E-state index in [9.17, 15) is 19.5 Å². The van der Waals surface area contributed by atoms with Crippen LogP contribution in [0.4, 0.5) is 0 Å². The van der Waals surface area contributed by atoms with Crippen molar-refractivity contribution in [2.24, 2.45) is 5.92 Å². The number of rotatable bonds is 5. The van der Waals surface area contributed by atoms with Crippen LogP contribution in [0.15, 0.2) is 53.0 Å². The number of carboxylic acids is 1. The van der Waals surface area contributed by atoms with E-state index in [0.29, 0.717) is 12.8 Å². The van der Waals surface area contributed by atoms with Crippen LogP contribution >= 0.6 is 15.9 Å². The van der Waals surface area contributed by atoms with Gasteiger partial charge in [0.05, 0.1) is 11.0 Å². The minimum Gasteiger partial charge on any atom is -0.478 e. The largest absolute Gasteiger partial charge is 0.478 e. The van der Waals surface area contributed by atoms with E-state index in [2.05, 4.69) is 38.3 Å². The van der Waals surface area contributed by atoms with Crippen molar-refractivity contribution in [3.63, 3.8) is 0 Å². The molecule has 1 unspecified atom stereocenters. The van der Waals surface area contributed by atoms with E-state index < -0.39 is 11.4 Å². The van der Waals surface area contributed by atoms with Crippen molar-refractivity contribution in [2.75, 3.05) is 13.1 Å². The number of carboxylic acid groups (broad SMARTS) is 1. The Labute approximate surface area is 189 Å². The third-order valence-electron chi connectivity index (χ3n) is 6.66. The Bertz CT molecular complexity index is 982. The number of benzene rings is 2. The topological polar surface area (TPSA) is 86.7 Å². The van der Waals surface area contributed by atoms with Crippen LogP contribution < -0.4 is 5.32 Å². The summed E-state index contributed by atoms with van der Waals surface area (Å²) < 4.78 is 1.06. The number of halogens is 1. The molecule has 2 aromatic carbocycles. The Morgan fingerprint density at radius 3 is 2.29 bits per heavy atom. The molecule has 6 nitrogen and oxygen atoms in total. The number of carbonyl (C=O) groups excluding carboxylic acids is 2. The molecule has 7 heteroatoms. The molecule has 2 saturated heterocycles. The molecule has 0 saturated carbocycles. The van der Waals surface area contributed by atoms with Gasteiger partial charge >= 0.3 is 5.97 Å². The van der Waals surface area contributed by atoms with Crippen molar-refractivity contribution in [1.82, 2.24) is 10.2 Å². The first-order valence-electron chi connectivity index (χ1n) is 10.5. The number of likely N-dealkylation sites (tertiary alicyclic amines) is 1. The average molecular weight is 485 g/mol. The van der Waals surface area contributed by atoms with Gasteiger partial charge < -0.3 is 5.11 Å². The number of hydrogen-bond acceptors (Lipinski definition) is 4. The lowest BCUT2D eigenvalue weighted by Gasteiger charge is -2.45. The second-order valence-electron chi connectivity index (χ2n) is 8.41. The minimum absolute atomic E-state index is 0.0949. The monoisotopic (exact) mass is 484 g/mol. The van der Waals surface area contributed by atoms with Gasteiger partial charge in [-0.3, -0.25) is 19.8 Å². The molecule has 0 radical (unpaired) electrons. The average Bonchev–Trinajstić information content (AvgIpc) is 2.77. The fourth-order valence-corrected chi connectivity index (χ4v) is 5.23. The molecule has 0 aromatic heterocycles. The molecule has 2 heterocycles. The maximum Gasteiger partial charge on any atom is 0.335 e. The number of imide groups is 1. The number of hydrogen-bond donors (Lipinski definition) is 2. The lowest BCUT2D eigenvalue weighted by Crippen LogP contribution is -2.57. The van der Waals surface area contributed by atoms with E-state index in [4.69, 9.17) is 0 Å². The van der Waals surface area contributed by atoms with E-state index in [0.717, 1.165) is 42.5 Å². The van der Waals surface area contributed by atoms with Crippen molar-refractivity contribution in [3.05, 3.63) is 69.7 Å². The van der Waals surface area contributed by atoms with Crippen molar-refractivity contribution < 1.29 is 19.5 Å². The summed E-state index contributed by atoms with van der Waals surface area (Å²) in [6.45, 7) is 2.61. The summed E-state index contributed by atoms with van der Waals surface area (Å²) in [4.78, 5) is 38.7. The predicted octanol–water partition coefficient (Wildman–Crippen LogP) is 3.73. The van der Waals surface area contributed by atoms with Gasteiger partial charge in [-0.1, -0.05) is 40.2 Å². The number of amides is 2. The number of nitrogens with one attached hydrogen (secondary N) is 1. The number of piperidine rings is 2. The van der Waals surface area contributed by atoms with Crippen molar-refractivity contribution in [1.29, 1.82) is 0 Å². The zero-order valence-corrected chi connectivity index (χ0v) is 18.7. The van der Waals surface area contributed by atoms with Gasteiger partial charge in [-0.05, 0) is 73.7 Å². The first kappa shape index (κ1) is 21.7. The van der Waals surface area contributed by atoms with Gasteiger partial charge in [-0.25, -0.2) is 4.79 Å². The molecule has 0 aliphatic carbocycles. The van der Waals surface area contributed by atoms with Crippen molar-refractivity contribution in [3.8, 4) is 0 Å². The van der Waals surface area contributed by atoms with Crippen LogP contribution in [0.25, 0.3) is 0 Å². The quantitative estimate of drug-likeness (QED) is 0.631. The minimum atomic E-state index is -0.995. The maximum atomic E-state index is 13.2. The van der Waals surface area contributed by atoms with Gasteiger partial charge in [0.2, 0.25) is 11.8 Å². The first-order chi connectivity index (χ1) is 14.9. The summed E-state index contributed by atoms with van der Waals surface area (Å²) in [6, 6.07) is 14.9. The van der Waals surface area contributed by atoms with E-state index in [1.54, 1.807) is 24.3 Å². The molecule has 2 N–H and O–H groups in total. The van der Waals surface area contributed by atoms with Crippen LogP contribution in [-0.2, 0) is 21.5 Å². The Morgan fingerprint density at radius 2 is 1.71 bits per heavy atom. The molecule has 2 aliphatic rings. The lowest BCUT2D eigenvalue weighted by atomic mass is 9.62. The Hall–Kier alpha value is -2.51. The highest BCUT2D eigenvalue weighted by Gasteiger charge is 2.50. The van der Waals surface area contributed by atoms with Gasteiger partial charge in [0, 0.05) is 17.4 Å². The van der Waals surface area contributed by atoms with Gasteiger partial charge in [0.15, 0.2) is 0 Å². The highest BCUT2D eigenvalue weighted by atomic mass is 79.9. The SMILES string of the molecule is O=C1CCC(c2ccc(C(=O)O)cc2)(C2CCN(Cc3ccc(Br)cc3)CC2)C(=O)N1. The summed E-state index contributed by atoms with van der Waals surface area (Å²) >= 11 is 3.46. The summed E-state index contributed by atoms with van der Waals surface area (Å²) in [6.07, 6.45) is 2.45. The molecular formula is C24H25BrN2O4. The summed E-state index contributed by atoms with van der Waals surface area (Å²) in [5.41, 5.74) is 1.44. The van der Waals surface area contributed by atoms with Crippen LogP contribution in [0, 0.1) is 5.92 Å². The summed E-state index contributed by atoms with van der Waals surface area (Å²) in [5, 5.41) is 11.8. The second kappa shape index (κ2) is 8.93. The standard InChI is InChI=1S/C24H25BrN2O4/c25-20-7-1-16(2-8-20)15-27-13-10-19(11-14-27)24(12-9-21(28)26-23(24)31)18-5-3-17(4-6-18)22(29)30/h1-8,19H,9-15H2,(H,29,30)(H,26,28,31). The van der Waals surface area contributed by atoms with Crippen molar-refractivity contribution >= 4 is 33.7 Å². The fourth-order valence-electron chi connectivity index (χ4n) is 4.97. The van der Waals surface area contributed by atoms with E-state index in [1.807, 2.05) is 12.1 Å². The molecule has 4 rings (SSSR count). The Balaban J connectivity index is 1.54. The summed E-state index contributed by atoms with van der Waals surface area (Å²) in [7, 11) is 0. The van der Waals surface area contributed by atoms with Crippen LogP contribution in [0.2, 0.25) is 0 Å². The third-order valence-corrected chi connectivity index (χ3v) is 7.18. The molecule has 1 atom stereocenters. The number of carbonyl (C=O) groups is 3. The van der Waals surface area contributed by atoms with E-state index in [-0.39, 0.29) is 23.3 Å². The highest BCUT2D eigenvalue weighted by molar-refractivity contribution is 9.10. The third kappa shape index (κ3) is 4.43. The van der Waals surface area contributed by atoms with Crippen LogP contribution in [0.5, 0.6) is 0 Å². The van der Waals surface area contributed by atoms with Gasteiger partial charge in [-0.15, -0.1) is 0 Å². The molecular weight excluding hydrogens is 460 g/mol. The fraction of sp³-hybridized carbons (Fsp3) is 0.375. The van der Waals surface area contributed by atoms with E-state index in [1.165, 1.54) is 5.56 Å². The Morgan fingerprint density at radius 1 is 1.06 bits per heavy atom. The molecule has 2 fully saturated rings. The van der Waals surface area contributed by atoms with Crippen molar-refractivity contribution in [2.45, 2.75) is 37.6 Å². The first-order valence-corrected chi connectivity index (χ1v) is 11.3. The van der Waals surface area contributed by atoms with Gasteiger partial charge in [0.25, 0.3) is 0 Å². The number of nitrogens with zero attached hydrogens (tertiary/aromatic N) is 1. The molecule has 162 valence electrons. The van der Waals surface area contributed by atoms with Gasteiger partial charge in [-0.2, -0.15) is 0 Å². The smallest absolute Gasteiger partial charge is 0.335 e. The van der Waals surface area contributed by atoms with Crippen LogP contribution in [-0.4, -0.2) is 40.9 Å². The van der Waals surface area contributed by atoms with Crippen LogP contribution in [0.3, 0.4) is 0 Å². The molecule has 2 amide bonds. The van der Waals surface area contributed by atoms with Crippen LogP contribution in [0.1, 0.15) is 47.2 Å². The maximum absolute atomic E-state index is 13.2.